The lowest BCUT2D eigenvalue weighted by atomic mass is 10.2. The van der Waals surface area contributed by atoms with Crippen molar-refractivity contribution in [3.05, 3.63) is 31.9 Å². The summed E-state index contributed by atoms with van der Waals surface area (Å²) in [6.45, 7) is 0. The molecule has 1 rings (SSSR count). The van der Waals surface area contributed by atoms with Crippen LogP contribution in [0.5, 0.6) is 0 Å². The maximum Gasteiger partial charge on any atom is 0.378 e. The number of alkyl halides is 2. The molecule has 0 bridgehead atoms. The number of hydrogen-bond donors (Lipinski definition) is 0. The first-order valence-electron chi connectivity index (χ1n) is 3.55. The number of pyridine rings is 1. The minimum atomic E-state index is -2.91. The number of rotatable bonds is 3. The van der Waals surface area contributed by atoms with Gasteiger partial charge in [-0.1, -0.05) is 0 Å². The lowest BCUT2D eigenvalue weighted by Gasteiger charge is -2.01. The fraction of sp³-hybridized carbons (Fsp3) is 0.143. The highest BCUT2D eigenvalue weighted by Crippen LogP contribution is 2.29. The summed E-state index contributed by atoms with van der Waals surface area (Å²) in [5, 5.41) is 10.4. The summed E-state index contributed by atoms with van der Waals surface area (Å²) < 4.78 is 24.5. The highest BCUT2D eigenvalue weighted by Gasteiger charge is 2.24. The van der Waals surface area contributed by atoms with E-state index in [0.717, 1.165) is 6.07 Å². The lowest BCUT2D eigenvalue weighted by molar-refractivity contribution is -0.390. The van der Waals surface area contributed by atoms with E-state index in [4.69, 9.17) is 0 Å². The Balaban J connectivity index is 3.42. The molecule has 0 spiro atoms. The van der Waals surface area contributed by atoms with Gasteiger partial charge >= 0.3 is 5.82 Å². The van der Waals surface area contributed by atoms with Crippen LogP contribution in [-0.2, 0) is 0 Å². The largest absolute Gasteiger partial charge is 0.378 e. The van der Waals surface area contributed by atoms with Gasteiger partial charge in [-0.2, -0.15) is 0 Å². The van der Waals surface area contributed by atoms with Gasteiger partial charge in [0.15, 0.2) is 6.29 Å². The minimum Gasteiger partial charge on any atom is -0.358 e. The first-order chi connectivity index (χ1) is 6.97. The first-order valence-corrected chi connectivity index (χ1v) is 4.34. The predicted octanol–water partition coefficient (Wildman–Crippen LogP) is 2.50. The van der Waals surface area contributed by atoms with Gasteiger partial charge in [0.25, 0.3) is 6.43 Å². The molecule has 1 heterocycles. The summed E-state index contributed by atoms with van der Waals surface area (Å²) in [4.78, 5) is 23.1. The van der Waals surface area contributed by atoms with Crippen molar-refractivity contribution in [2.75, 3.05) is 0 Å². The van der Waals surface area contributed by atoms with Crippen LogP contribution in [0.1, 0.15) is 22.5 Å². The SMILES string of the molecule is O=Cc1nc([N+](=O)[O-])c(Br)cc1C(F)F. The van der Waals surface area contributed by atoms with E-state index in [9.17, 15) is 23.7 Å². The summed E-state index contributed by atoms with van der Waals surface area (Å²) in [7, 11) is 0. The topological polar surface area (TPSA) is 73.1 Å². The van der Waals surface area contributed by atoms with Crippen LogP contribution in [0.15, 0.2) is 10.5 Å². The van der Waals surface area contributed by atoms with Gasteiger partial charge in [-0.15, -0.1) is 0 Å². The zero-order chi connectivity index (χ0) is 11.6. The van der Waals surface area contributed by atoms with Gasteiger partial charge in [0.05, 0.1) is 5.56 Å². The Kier molecular flexibility index (Phi) is 3.40. The molecular weight excluding hydrogens is 278 g/mol. The fourth-order valence-corrected chi connectivity index (χ4v) is 1.38. The number of hydrogen-bond acceptors (Lipinski definition) is 4. The molecular formula is C7H3BrF2N2O3. The van der Waals surface area contributed by atoms with Crippen molar-refractivity contribution in [1.82, 2.24) is 4.98 Å². The Morgan fingerprint density at radius 2 is 2.20 bits per heavy atom. The normalized spacial score (nSPS) is 10.4. The number of carbonyl (C=O) groups is 1. The van der Waals surface area contributed by atoms with Crippen molar-refractivity contribution in [3.63, 3.8) is 0 Å². The van der Waals surface area contributed by atoms with E-state index >= 15 is 0 Å². The van der Waals surface area contributed by atoms with Crippen LogP contribution in [0, 0.1) is 10.1 Å². The van der Waals surface area contributed by atoms with Gasteiger partial charge in [0.2, 0.25) is 5.69 Å². The number of carbonyl (C=O) groups excluding carboxylic acids is 1. The van der Waals surface area contributed by atoms with Crippen LogP contribution in [0.25, 0.3) is 0 Å². The highest BCUT2D eigenvalue weighted by molar-refractivity contribution is 9.10. The van der Waals surface area contributed by atoms with E-state index in [1.54, 1.807) is 0 Å². The molecule has 0 atom stereocenters. The Morgan fingerprint density at radius 1 is 1.60 bits per heavy atom. The molecule has 0 radical (unpaired) electrons. The maximum atomic E-state index is 12.3. The average Bonchev–Trinajstić information content (AvgIpc) is 2.16. The standard InChI is InChI=1S/C7H3BrF2N2O3/c8-4-1-3(6(9)10)5(2-13)11-7(4)12(14)15/h1-2,6H. The Hall–Kier alpha value is -1.44. The number of aromatic nitrogens is 1. The Labute approximate surface area is 90.4 Å². The number of nitro groups is 1. The average molecular weight is 281 g/mol. The summed E-state index contributed by atoms with van der Waals surface area (Å²) in [6.07, 6.45) is -2.85. The van der Waals surface area contributed by atoms with Gasteiger partial charge in [0, 0.05) is 0 Å². The molecule has 5 nitrogen and oxygen atoms in total. The van der Waals surface area contributed by atoms with Crippen molar-refractivity contribution in [2.45, 2.75) is 6.43 Å². The fourth-order valence-electron chi connectivity index (χ4n) is 0.904. The first kappa shape index (κ1) is 11.6. The molecule has 0 aliphatic rings. The number of halogens is 3. The smallest absolute Gasteiger partial charge is 0.358 e. The summed E-state index contributed by atoms with van der Waals surface area (Å²) >= 11 is 2.73. The molecule has 0 saturated heterocycles. The molecule has 0 amide bonds. The van der Waals surface area contributed by atoms with Crippen molar-refractivity contribution >= 4 is 28.0 Å². The van der Waals surface area contributed by atoms with E-state index in [1.807, 2.05) is 0 Å². The molecule has 0 unspecified atom stereocenters. The van der Waals surface area contributed by atoms with Gasteiger partial charge in [-0.25, -0.2) is 8.78 Å². The third-order valence-electron chi connectivity index (χ3n) is 1.54. The summed E-state index contributed by atoms with van der Waals surface area (Å²) in [5.74, 6) is -0.665. The van der Waals surface area contributed by atoms with Crippen LogP contribution >= 0.6 is 15.9 Å². The maximum absolute atomic E-state index is 12.3. The number of aldehydes is 1. The van der Waals surface area contributed by atoms with Crippen LogP contribution < -0.4 is 0 Å². The summed E-state index contributed by atoms with van der Waals surface area (Å²) in [5.41, 5.74) is -1.26. The second kappa shape index (κ2) is 4.39. The van der Waals surface area contributed by atoms with E-state index in [0.29, 0.717) is 0 Å². The van der Waals surface area contributed by atoms with Crippen molar-refractivity contribution in [2.24, 2.45) is 0 Å². The third kappa shape index (κ3) is 2.32. The van der Waals surface area contributed by atoms with E-state index in [-0.39, 0.29) is 10.8 Å². The van der Waals surface area contributed by atoms with Crippen LogP contribution in [0.3, 0.4) is 0 Å². The molecule has 0 N–H and O–H groups in total. The number of nitrogens with zero attached hydrogens (tertiary/aromatic N) is 2. The van der Waals surface area contributed by atoms with Gasteiger partial charge in [-0.3, -0.25) is 4.79 Å². The molecule has 1 aromatic rings. The van der Waals surface area contributed by atoms with E-state index < -0.39 is 28.4 Å². The molecule has 0 aromatic carbocycles. The molecule has 8 heteroatoms. The predicted molar refractivity (Wildman–Crippen MR) is 48.9 cm³/mol. The molecule has 15 heavy (non-hydrogen) atoms. The zero-order valence-corrected chi connectivity index (χ0v) is 8.57. The monoisotopic (exact) mass is 280 g/mol. The Bertz CT molecular complexity index is 425. The van der Waals surface area contributed by atoms with Crippen molar-refractivity contribution < 1.29 is 18.5 Å². The van der Waals surface area contributed by atoms with Gasteiger partial charge in [-0.05, 0) is 31.9 Å². The van der Waals surface area contributed by atoms with Crippen LogP contribution in [0.4, 0.5) is 14.6 Å². The minimum absolute atomic E-state index is 0.0565. The molecule has 0 aliphatic carbocycles. The Morgan fingerprint density at radius 3 is 2.60 bits per heavy atom. The highest BCUT2D eigenvalue weighted by atomic mass is 79.9. The second-order valence-corrected chi connectivity index (χ2v) is 3.30. The van der Waals surface area contributed by atoms with Crippen LogP contribution in [0.2, 0.25) is 0 Å². The molecule has 0 saturated carbocycles. The van der Waals surface area contributed by atoms with Gasteiger partial charge < -0.3 is 10.1 Å². The van der Waals surface area contributed by atoms with E-state index in [1.165, 1.54) is 0 Å². The molecule has 1 aromatic heterocycles. The lowest BCUT2D eigenvalue weighted by Crippen LogP contribution is -2.02. The molecule has 0 fully saturated rings. The quantitative estimate of drug-likeness (QED) is 0.484. The van der Waals surface area contributed by atoms with Crippen molar-refractivity contribution in [1.29, 1.82) is 0 Å². The third-order valence-corrected chi connectivity index (χ3v) is 2.12. The van der Waals surface area contributed by atoms with Crippen molar-refractivity contribution in [3.8, 4) is 0 Å². The molecule has 80 valence electrons. The zero-order valence-electron chi connectivity index (χ0n) is 6.99. The van der Waals surface area contributed by atoms with Gasteiger partial charge in [0.1, 0.15) is 4.47 Å². The van der Waals surface area contributed by atoms with Crippen LogP contribution in [-0.4, -0.2) is 16.2 Å². The van der Waals surface area contributed by atoms with E-state index in [2.05, 4.69) is 20.9 Å². The molecule has 0 aliphatic heterocycles. The summed E-state index contributed by atoms with van der Waals surface area (Å²) in [6, 6.07) is 0.819. The second-order valence-electron chi connectivity index (χ2n) is 2.44.